The molecule has 1 saturated heterocycles. The maximum Gasteiger partial charge on any atom is 0.146 e. The highest BCUT2D eigenvalue weighted by Crippen LogP contribution is 2.35. The van der Waals surface area contributed by atoms with Crippen LogP contribution in [-0.4, -0.2) is 44.6 Å². The van der Waals surface area contributed by atoms with Gasteiger partial charge in [0.1, 0.15) is 17.8 Å². The van der Waals surface area contributed by atoms with Gasteiger partial charge in [-0.25, -0.2) is 9.97 Å². The van der Waals surface area contributed by atoms with E-state index in [2.05, 4.69) is 37.7 Å². The van der Waals surface area contributed by atoms with Crippen LogP contribution in [0.2, 0.25) is 0 Å². The molecular formula is C16H18N6. The van der Waals surface area contributed by atoms with Gasteiger partial charge < -0.3 is 15.2 Å². The first kappa shape index (κ1) is 13.2. The fourth-order valence-corrected chi connectivity index (χ4v) is 3.28. The molecular weight excluding hydrogens is 276 g/mol. The number of hydrogen-bond acceptors (Lipinski definition) is 5. The predicted octanol–water partition coefficient (Wildman–Crippen LogP) is 1.95. The van der Waals surface area contributed by atoms with Crippen LogP contribution in [-0.2, 0) is 0 Å². The molecule has 0 saturated carbocycles. The quantitative estimate of drug-likeness (QED) is 0.782. The Morgan fingerprint density at radius 2 is 2.05 bits per heavy atom. The molecule has 3 aromatic rings. The van der Waals surface area contributed by atoms with Crippen molar-refractivity contribution >= 4 is 16.9 Å². The van der Waals surface area contributed by atoms with Crippen molar-refractivity contribution in [1.29, 1.82) is 0 Å². The van der Waals surface area contributed by atoms with Crippen molar-refractivity contribution in [1.82, 2.24) is 24.4 Å². The number of likely N-dealkylation sites (N-methyl/N-ethyl adjacent to an activating group) is 1. The highest BCUT2D eigenvalue weighted by Gasteiger charge is 2.25. The third-order valence-corrected chi connectivity index (χ3v) is 4.39. The standard InChI is InChI=1S/C16H18N6/c1-21-7-4-12(8-21)22-9-13(11-2-5-18-6-3-11)14-15(17)19-10-20-16(14)22/h2-3,5-6,9-10,12H,4,7-8H2,1H3,(H2,17,19,20). The molecule has 0 amide bonds. The molecule has 0 radical (unpaired) electrons. The number of nitrogens with two attached hydrogens (primary N) is 1. The first-order valence-corrected chi connectivity index (χ1v) is 7.44. The van der Waals surface area contributed by atoms with Crippen LogP contribution in [0.1, 0.15) is 12.5 Å². The van der Waals surface area contributed by atoms with Gasteiger partial charge in [0.2, 0.25) is 0 Å². The Kier molecular flexibility index (Phi) is 3.04. The third-order valence-electron chi connectivity index (χ3n) is 4.39. The Morgan fingerprint density at radius 3 is 2.77 bits per heavy atom. The molecule has 1 aliphatic heterocycles. The summed E-state index contributed by atoms with van der Waals surface area (Å²) in [7, 11) is 2.15. The van der Waals surface area contributed by atoms with Crippen LogP contribution in [0.4, 0.5) is 5.82 Å². The molecule has 6 nitrogen and oxygen atoms in total. The molecule has 3 aromatic heterocycles. The monoisotopic (exact) mass is 294 g/mol. The van der Waals surface area contributed by atoms with E-state index in [1.54, 1.807) is 18.7 Å². The fraction of sp³-hybridized carbons (Fsp3) is 0.312. The van der Waals surface area contributed by atoms with Gasteiger partial charge in [0, 0.05) is 36.7 Å². The van der Waals surface area contributed by atoms with Gasteiger partial charge in [0.05, 0.1) is 5.39 Å². The molecule has 1 unspecified atom stereocenters. The summed E-state index contributed by atoms with van der Waals surface area (Å²) in [6.07, 6.45) is 8.42. The molecule has 6 heteroatoms. The van der Waals surface area contributed by atoms with E-state index in [9.17, 15) is 0 Å². The molecule has 0 aromatic carbocycles. The van der Waals surface area contributed by atoms with Crippen LogP contribution in [0.3, 0.4) is 0 Å². The van der Waals surface area contributed by atoms with Crippen molar-refractivity contribution in [3.05, 3.63) is 37.1 Å². The number of hydrogen-bond donors (Lipinski definition) is 1. The van der Waals surface area contributed by atoms with Crippen molar-refractivity contribution in [2.24, 2.45) is 0 Å². The molecule has 0 spiro atoms. The molecule has 22 heavy (non-hydrogen) atoms. The Hall–Kier alpha value is -2.47. The average molecular weight is 294 g/mol. The molecule has 0 aliphatic carbocycles. The Balaban J connectivity index is 1.94. The molecule has 4 heterocycles. The second-order valence-corrected chi connectivity index (χ2v) is 5.85. The van der Waals surface area contributed by atoms with Crippen LogP contribution in [0.25, 0.3) is 22.2 Å². The summed E-state index contributed by atoms with van der Waals surface area (Å²) in [5.41, 5.74) is 9.22. The summed E-state index contributed by atoms with van der Waals surface area (Å²) in [5, 5.41) is 0.934. The smallest absolute Gasteiger partial charge is 0.146 e. The second kappa shape index (κ2) is 5.06. The molecule has 1 fully saturated rings. The van der Waals surface area contributed by atoms with E-state index in [0.29, 0.717) is 11.9 Å². The highest BCUT2D eigenvalue weighted by atomic mass is 15.2. The van der Waals surface area contributed by atoms with Crippen LogP contribution in [0.5, 0.6) is 0 Å². The van der Waals surface area contributed by atoms with Crippen molar-refractivity contribution in [2.45, 2.75) is 12.5 Å². The van der Waals surface area contributed by atoms with Crippen molar-refractivity contribution in [2.75, 3.05) is 25.9 Å². The Labute approximate surface area is 128 Å². The second-order valence-electron chi connectivity index (χ2n) is 5.85. The van der Waals surface area contributed by atoms with Crippen LogP contribution < -0.4 is 5.73 Å². The fourth-order valence-electron chi connectivity index (χ4n) is 3.28. The number of pyridine rings is 1. The zero-order chi connectivity index (χ0) is 15.1. The minimum Gasteiger partial charge on any atom is -0.383 e. The first-order valence-electron chi connectivity index (χ1n) is 7.44. The molecule has 4 rings (SSSR count). The van der Waals surface area contributed by atoms with Gasteiger partial charge in [-0.3, -0.25) is 4.98 Å². The van der Waals surface area contributed by atoms with E-state index in [4.69, 9.17) is 5.73 Å². The SMILES string of the molecule is CN1CCC(n2cc(-c3ccncc3)c3c(N)ncnc32)C1. The number of likely N-dealkylation sites (tertiary alicyclic amines) is 1. The van der Waals surface area contributed by atoms with Gasteiger partial charge in [-0.05, 0) is 37.7 Å². The van der Waals surface area contributed by atoms with Crippen LogP contribution >= 0.6 is 0 Å². The van der Waals surface area contributed by atoms with Crippen molar-refractivity contribution in [3.63, 3.8) is 0 Å². The number of anilines is 1. The summed E-state index contributed by atoms with van der Waals surface area (Å²) < 4.78 is 2.26. The lowest BCUT2D eigenvalue weighted by Gasteiger charge is -2.13. The number of nitrogen functional groups attached to an aromatic ring is 1. The number of nitrogens with zero attached hydrogens (tertiary/aromatic N) is 5. The normalized spacial score (nSPS) is 19.0. The Morgan fingerprint density at radius 1 is 1.23 bits per heavy atom. The third kappa shape index (κ3) is 2.03. The van der Waals surface area contributed by atoms with Gasteiger partial charge in [0.15, 0.2) is 0 Å². The molecule has 1 atom stereocenters. The molecule has 1 aliphatic rings. The molecule has 2 N–H and O–H groups in total. The first-order chi connectivity index (χ1) is 10.7. The van der Waals surface area contributed by atoms with E-state index in [0.717, 1.165) is 41.7 Å². The number of fused-ring (bicyclic) bond motifs is 1. The zero-order valence-corrected chi connectivity index (χ0v) is 12.5. The van der Waals surface area contributed by atoms with E-state index in [1.807, 2.05) is 12.1 Å². The predicted molar refractivity (Wildman–Crippen MR) is 86.3 cm³/mol. The summed E-state index contributed by atoms with van der Waals surface area (Å²) in [4.78, 5) is 15.1. The van der Waals surface area contributed by atoms with Gasteiger partial charge >= 0.3 is 0 Å². The molecule has 112 valence electrons. The Bertz CT molecular complexity index is 810. The van der Waals surface area contributed by atoms with Crippen molar-refractivity contribution < 1.29 is 0 Å². The van der Waals surface area contributed by atoms with E-state index < -0.39 is 0 Å². The van der Waals surface area contributed by atoms with Gasteiger partial charge in [-0.1, -0.05) is 0 Å². The van der Waals surface area contributed by atoms with E-state index >= 15 is 0 Å². The van der Waals surface area contributed by atoms with E-state index in [-0.39, 0.29) is 0 Å². The minimum atomic E-state index is 0.428. The summed E-state index contributed by atoms with van der Waals surface area (Å²) in [6, 6.07) is 4.41. The van der Waals surface area contributed by atoms with Crippen LogP contribution in [0, 0.1) is 0 Å². The topological polar surface area (TPSA) is 72.9 Å². The van der Waals surface area contributed by atoms with Gasteiger partial charge in [-0.2, -0.15) is 0 Å². The number of rotatable bonds is 2. The summed E-state index contributed by atoms with van der Waals surface area (Å²) in [6.45, 7) is 2.14. The highest BCUT2D eigenvalue weighted by molar-refractivity contribution is 6.00. The summed E-state index contributed by atoms with van der Waals surface area (Å²) >= 11 is 0. The lowest BCUT2D eigenvalue weighted by atomic mass is 10.1. The average Bonchev–Trinajstić information content (AvgIpc) is 3.13. The largest absolute Gasteiger partial charge is 0.383 e. The van der Waals surface area contributed by atoms with Crippen molar-refractivity contribution in [3.8, 4) is 11.1 Å². The summed E-state index contributed by atoms with van der Waals surface area (Å²) in [5.74, 6) is 0.530. The number of aromatic nitrogens is 4. The lowest BCUT2D eigenvalue weighted by Crippen LogP contribution is -2.16. The minimum absolute atomic E-state index is 0.428. The lowest BCUT2D eigenvalue weighted by molar-refractivity contribution is 0.395. The molecule has 0 bridgehead atoms. The van der Waals surface area contributed by atoms with Gasteiger partial charge in [0.25, 0.3) is 0 Å². The van der Waals surface area contributed by atoms with Crippen LogP contribution in [0.15, 0.2) is 37.1 Å². The maximum atomic E-state index is 6.14. The van der Waals surface area contributed by atoms with E-state index in [1.165, 1.54) is 0 Å². The van der Waals surface area contributed by atoms with Gasteiger partial charge in [-0.15, -0.1) is 0 Å². The zero-order valence-electron chi connectivity index (χ0n) is 12.5. The maximum absolute atomic E-state index is 6.14.